The lowest BCUT2D eigenvalue weighted by Gasteiger charge is -2.17. The van der Waals surface area contributed by atoms with Crippen molar-refractivity contribution in [1.82, 2.24) is 0 Å². The lowest BCUT2D eigenvalue weighted by Crippen LogP contribution is -2.33. The van der Waals surface area contributed by atoms with Crippen LogP contribution in [0.1, 0.15) is 5.56 Å². The van der Waals surface area contributed by atoms with E-state index in [4.69, 9.17) is 14.3 Å². The minimum Gasteiger partial charge on any atom is -0.492 e. The van der Waals surface area contributed by atoms with Crippen LogP contribution in [0.2, 0.25) is 0 Å². The van der Waals surface area contributed by atoms with Crippen LogP contribution in [-0.4, -0.2) is 38.0 Å². The van der Waals surface area contributed by atoms with Crippen LogP contribution in [-0.2, 0) is 9.63 Å². The van der Waals surface area contributed by atoms with E-state index in [9.17, 15) is 4.79 Å². The van der Waals surface area contributed by atoms with Gasteiger partial charge in [0.25, 0.3) is 5.91 Å². The van der Waals surface area contributed by atoms with Gasteiger partial charge in [-0.2, -0.15) is 0 Å². The summed E-state index contributed by atoms with van der Waals surface area (Å²) in [6.45, 7) is 1.38. The highest BCUT2D eigenvalue weighted by atomic mass is 16.6. The first-order chi connectivity index (χ1) is 14.8. The zero-order valence-electron chi connectivity index (χ0n) is 16.4. The Kier molecular flexibility index (Phi) is 6.25. The number of carbonyl (C=O) groups is 1. The van der Waals surface area contributed by atoms with Crippen molar-refractivity contribution in [3.63, 3.8) is 0 Å². The molecule has 3 aromatic carbocycles. The summed E-state index contributed by atoms with van der Waals surface area (Å²) in [5, 5.41) is 4.10. The van der Waals surface area contributed by atoms with Gasteiger partial charge in [-0.1, -0.05) is 59.8 Å². The van der Waals surface area contributed by atoms with Gasteiger partial charge in [-0.05, 0) is 30.3 Å². The summed E-state index contributed by atoms with van der Waals surface area (Å²) in [6, 6.07) is 26.6. The molecule has 6 nitrogen and oxygen atoms in total. The fraction of sp³-hybridized carbons (Fsp3) is 0.167. The molecule has 0 saturated carbocycles. The summed E-state index contributed by atoms with van der Waals surface area (Å²) >= 11 is 0. The first-order valence-electron chi connectivity index (χ1n) is 9.80. The zero-order chi connectivity index (χ0) is 20.6. The van der Waals surface area contributed by atoms with Gasteiger partial charge in [0.15, 0.2) is 12.3 Å². The van der Waals surface area contributed by atoms with E-state index in [0.29, 0.717) is 25.5 Å². The Balaban J connectivity index is 1.35. The maximum atomic E-state index is 12.9. The molecule has 1 amide bonds. The number of hydrogen-bond acceptors (Lipinski definition) is 5. The molecule has 0 N–H and O–H groups in total. The Hall–Kier alpha value is -3.80. The number of carbonyl (C=O) groups excluding carboxylic acids is 1. The number of benzene rings is 3. The van der Waals surface area contributed by atoms with E-state index >= 15 is 0 Å². The van der Waals surface area contributed by atoms with Crippen molar-refractivity contribution < 1.29 is 19.1 Å². The summed E-state index contributed by atoms with van der Waals surface area (Å²) in [4.78, 5) is 20.0. The molecule has 0 saturated heterocycles. The largest absolute Gasteiger partial charge is 0.492 e. The van der Waals surface area contributed by atoms with Gasteiger partial charge >= 0.3 is 0 Å². The van der Waals surface area contributed by atoms with E-state index < -0.39 is 0 Å². The van der Waals surface area contributed by atoms with E-state index in [1.54, 1.807) is 4.90 Å². The first-order valence-corrected chi connectivity index (χ1v) is 9.80. The minimum atomic E-state index is -0.197. The van der Waals surface area contributed by atoms with E-state index in [1.807, 2.05) is 84.9 Å². The maximum absolute atomic E-state index is 12.9. The van der Waals surface area contributed by atoms with Crippen molar-refractivity contribution in [2.75, 3.05) is 31.3 Å². The van der Waals surface area contributed by atoms with Gasteiger partial charge in [0.1, 0.15) is 24.7 Å². The summed E-state index contributed by atoms with van der Waals surface area (Å²) < 4.78 is 11.3. The van der Waals surface area contributed by atoms with Gasteiger partial charge < -0.3 is 19.2 Å². The van der Waals surface area contributed by atoms with Gasteiger partial charge in [0.05, 0.1) is 12.2 Å². The van der Waals surface area contributed by atoms with Gasteiger partial charge in [-0.3, -0.25) is 4.79 Å². The second-order valence-corrected chi connectivity index (χ2v) is 6.57. The van der Waals surface area contributed by atoms with Crippen LogP contribution < -0.4 is 14.4 Å². The van der Waals surface area contributed by atoms with Crippen LogP contribution in [0.5, 0.6) is 11.5 Å². The molecule has 4 rings (SSSR count). The molecule has 152 valence electrons. The van der Waals surface area contributed by atoms with Gasteiger partial charge in [0, 0.05) is 5.56 Å². The molecule has 0 unspecified atom stereocenters. The standard InChI is InChI=1S/C24H22N2O4/c27-24-23(25-30-18-17-29-20-11-5-2-6-12-20)21-13-7-8-14-22(21)26(24)15-16-28-19-9-3-1-4-10-19/h1-14H,15-18H2/b25-23+. The highest BCUT2D eigenvalue weighted by molar-refractivity contribution is 6.54. The third kappa shape index (κ3) is 4.60. The summed E-state index contributed by atoms with van der Waals surface area (Å²) in [5.74, 6) is 1.34. The second-order valence-electron chi connectivity index (χ2n) is 6.57. The molecule has 0 spiro atoms. The quantitative estimate of drug-likeness (QED) is 0.402. The van der Waals surface area contributed by atoms with Crippen LogP contribution in [0.3, 0.4) is 0 Å². The number of anilines is 1. The van der Waals surface area contributed by atoms with Crippen molar-refractivity contribution in [2.24, 2.45) is 5.16 Å². The molecule has 3 aromatic rings. The SMILES string of the molecule is O=C1/C(=N/OCCOc2ccccc2)c2ccccc2N1CCOc1ccccc1. The fourth-order valence-electron chi connectivity index (χ4n) is 3.17. The third-order valence-corrected chi connectivity index (χ3v) is 4.57. The number of ether oxygens (including phenoxy) is 2. The maximum Gasteiger partial charge on any atom is 0.281 e. The van der Waals surface area contributed by atoms with Crippen LogP contribution in [0, 0.1) is 0 Å². The van der Waals surface area contributed by atoms with E-state index in [2.05, 4.69) is 5.16 Å². The van der Waals surface area contributed by atoms with E-state index in [1.165, 1.54) is 0 Å². The van der Waals surface area contributed by atoms with Crippen molar-refractivity contribution >= 4 is 17.3 Å². The molecule has 6 heteroatoms. The summed E-state index contributed by atoms with van der Waals surface area (Å²) in [5.41, 5.74) is 1.86. The van der Waals surface area contributed by atoms with Crippen molar-refractivity contribution in [2.45, 2.75) is 0 Å². The highest BCUT2D eigenvalue weighted by Gasteiger charge is 2.34. The molecule has 30 heavy (non-hydrogen) atoms. The molecule has 0 bridgehead atoms. The number of para-hydroxylation sites is 3. The second kappa shape index (κ2) is 9.60. The number of rotatable bonds is 9. The fourth-order valence-corrected chi connectivity index (χ4v) is 3.17. The first kappa shape index (κ1) is 19.5. The predicted molar refractivity (Wildman–Crippen MR) is 115 cm³/mol. The molecule has 1 aliphatic rings. The Morgan fingerprint density at radius 3 is 2.00 bits per heavy atom. The minimum absolute atomic E-state index is 0.197. The predicted octanol–water partition coefficient (Wildman–Crippen LogP) is 3.91. The lowest BCUT2D eigenvalue weighted by atomic mass is 10.1. The molecule has 1 heterocycles. The number of oxime groups is 1. The summed E-state index contributed by atoms with van der Waals surface area (Å²) in [7, 11) is 0. The van der Waals surface area contributed by atoms with Crippen LogP contribution in [0.25, 0.3) is 0 Å². The van der Waals surface area contributed by atoms with Gasteiger partial charge in [-0.15, -0.1) is 0 Å². The van der Waals surface area contributed by atoms with Gasteiger partial charge in [0.2, 0.25) is 0 Å². The smallest absolute Gasteiger partial charge is 0.281 e. The zero-order valence-corrected chi connectivity index (χ0v) is 16.4. The lowest BCUT2D eigenvalue weighted by molar-refractivity contribution is -0.112. The number of amides is 1. The van der Waals surface area contributed by atoms with Crippen molar-refractivity contribution in [3.05, 3.63) is 90.5 Å². The highest BCUT2D eigenvalue weighted by Crippen LogP contribution is 2.29. The molecule has 0 fully saturated rings. The Morgan fingerprint density at radius 1 is 0.700 bits per heavy atom. The molecule has 0 aromatic heterocycles. The summed E-state index contributed by atoms with van der Waals surface area (Å²) in [6.07, 6.45) is 0. The van der Waals surface area contributed by atoms with E-state index in [0.717, 1.165) is 22.7 Å². The normalized spacial score (nSPS) is 13.9. The molecule has 1 aliphatic heterocycles. The van der Waals surface area contributed by atoms with Crippen molar-refractivity contribution in [1.29, 1.82) is 0 Å². The Labute approximate surface area is 175 Å². The molecule has 0 radical (unpaired) electrons. The molecule has 0 aliphatic carbocycles. The van der Waals surface area contributed by atoms with Crippen molar-refractivity contribution in [3.8, 4) is 11.5 Å². The van der Waals surface area contributed by atoms with E-state index in [-0.39, 0.29) is 12.5 Å². The average Bonchev–Trinajstić information content (AvgIpc) is 3.06. The van der Waals surface area contributed by atoms with Crippen LogP contribution >= 0.6 is 0 Å². The Bertz CT molecular complexity index is 1010. The molecular formula is C24H22N2O4. The number of fused-ring (bicyclic) bond motifs is 1. The topological polar surface area (TPSA) is 60.4 Å². The monoisotopic (exact) mass is 402 g/mol. The molecular weight excluding hydrogens is 380 g/mol. The van der Waals surface area contributed by atoms with Gasteiger partial charge in [-0.25, -0.2) is 0 Å². The number of nitrogens with zero attached hydrogens (tertiary/aromatic N) is 2. The van der Waals surface area contributed by atoms with Crippen LogP contribution in [0.4, 0.5) is 5.69 Å². The van der Waals surface area contributed by atoms with Crippen LogP contribution in [0.15, 0.2) is 90.1 Å². The molecule has 0 atom stereocenters. The Morgan fingerprint density at radius 2 is 1.30 bits per heavy atom. The third-order valence-electron chi connectivity index (χ3n) is 4.57. The average molecular weight is 402 g/mol. The number of hydrogen-bond donors (Lipinski definition) is 0.